The number of rotatable bonds is 4. The first-order valence-corrected chi connectivity index (χ1v) is 7.26. The summed E-state index contributed by atoms with van der Waals surface area (Å²) in [6, 6.07) is 8.50. The zero-order valence-electron chi connectivity index (χ0n) is 11.6. The third-order valence-corrected chi connectivity index (χ3v) is 3.92. The number of aromatic nitrogens is 2. The van der Waals surface area contributed by atoms with E-state index in [1.165, 1.54) is 17.0 Å². The van der Waals surface area contributed by atoms with E-state index in [1.54, 1.807) is 6.33 Å². The first kappa shape index (κ1) is 13.6. The molecule has 1 aromatic heterocycles. The Balaban J connectivity index is 1.56. The molecule has 1 aliphatic rings. The molecule has 0 radical (unpaired) electrons. The van der Waals surface area contributed by atoms with Crippen molar-refractivity contribution in [1.29, 1.82) is 0 Å². The van der Waals surface area contributed by atoms with E-state index in [0.29, 0.717) is 6.04 Å². The fourth-order valence-electron chi connectivity index (χ4n) is 2.75. The minimum absolute atomic E-state index is 0.454. The van der Waals surface area contributed by atoms with E-state index in [4.69, 9.17) is 11.6 Å². The van der Waals surface area contributed by atoms with Gasteiger partial charge >= 0.3 is 0 Å². The molecule has 5 heteroatoms. The van der Waals surface area contributed by atoms with Gasteiger partial charge in [-0.3, -0.25) is 0 Å². The summed E-state index contributed by atoms with van der Waals surface area (Å²) in [6.45, 7) is 2.79. The Morgan fingerprint density at radius 1 is 1.45 bits per heavy atom. The number of H-pyrrole nitrogens is 1. The zero-order chi connectivity index (χ0) is 13.9. The standard InChI is InChI=1S/C15H19ClN4/c1-20(8-11-3-2-4-12(16)5-11)9-13-6-14-15(7-17-13)19-10-18-14/h2-5,10,13,17H,6-9H2,1H3,(H,18,19). The lowest BCUT2D eigenvalue weighted by Gasteiger charge is -2.27. The lowest BCUT2D eigenvalue weighted by atomic mass is 10.0. The smallest absolute Gasteiger partial charge is 0.0925 e. The Kier molecular flexibility index (Phi) is 4.05. The van der Waals surface area contributed by atoms with Crippen LogP contribution in [0.3, 0.4) is 0 Å². The second-order valence-electron chi connectivity index (χ2n) is 5.44. The predicted molar refractivity (Wildman–Crippen MR) is 80.7 cm³/mol. The predicted octanol–water partition coefficient (Wildman–Crippen LogP) is 2.21. The van der Waals surface area contributed by atoms with E-state index in [0.717, 1.165) is 31.1 Å². The van der Waals surface area contributed by atoms with Gasteiger partial charge in [-0.1, -0.05) is 23.7 Å². The normalized spacial score (nSPS) is 18.2. The summed E-state index contributed by atoms with van der Waals surface area (Å²) in [7, 11) is 2.14. The Bertz CT molecular complexity index is 581. The van der Waals surface area contributed by atoms with E-state index in [1.807, 2.05) is 18.2 Å². The highest BCUT2D eigenvalue weighted by Gasteiger charge is 2.20. The Morgan fingerprint density at radius 3 is 3.20 bits per heavy atom. The van der Waals surface area contributed by atoms with Gasteiger partial charge in [-0.2, -0.15) is 0 Å². The number of hydrogen-bond acceptors (Lipinski definition) is 3. The van der Waals surface area contributed by atoms with Crippen molar-refractivity contribution in [3.05, 3.63) is 52.6 Å². The number of aromatic amines is 1. The molecular weight excluding hydrogens is 272 g/mol. The minimum atomic E-state index is 0.454. The molecule has 2 heterocycles. The molecule has 1 unspecified atom stereocenters. The van der Waals surface area contributed by atoms with Crippen molar-refractivity contribution in [2.75, 3.05) is 13.6 Å². The maximum absolute atomic E-state index is 6.02. The molecule has 1 aromatic carbocycles. The number of fused-ring (bicyclic) bond motifs is 1. The van der Waals surface area contributed by atoms with E-state index in [-0.39, 0.29) is 0 Å². The van der Waals surface area contributed by atoms with Crippen LogP contribution in [0.2, 0.25) is 5.02 Å². The van der Waals surface area contributed by atoms with Gasteiger partial charge in [0, 0.05) is 37.1 Å². The Morgan fingerprint density at radius 2 is 2.35 bits per heavy atom. The van der Waals surface area contributed by atoms with Crippen LogP contribution in [0, 0.1) is 0 Å². The lowest BCUT2D eigenvalue weighted by Crippen LogP contribution is -2.43. The number of hydrogen-bond donors (Lipinski definition) is 2. The van der Waals surface area contributed by atoms with Crippen molar-refractivity contribution in [3.8, 4) is 0 Å². The van der Waals surface area contributed by atoms with Crippen molar-refractivity contribution >= 4 is 11.6 Å². The number of nitrogens with one attached hydrogen (secondary N) is 2. The highest BCUT2D eigenvalue weighted by Crippen LogP contribution is 2.15. The van der Waals surface area contributed by atoms with Gasteiger partial charge < -0.3 is 15.2 Å². The molecule has 3 rings (SSSR count). The molecule has 1 atom stereocenters. The first-order chi connectivity index (χ1) is 9.70. The van der Waals surface area contributed by atoms with Crippen LogP contribution in [-0.2, 0) is 19.5 Å². The molecule has 0 spiro atoms. The summed E-state index contributed by atoms with van der Waals surface area (Å²) < 4.78 is 0. The fraction of sp³-hybridized carbons (Fsp3) is 0.400. The molecule has 106 valence electrons. The largest absolute Gasteiger partial charge is 0.347 e. The van der Waals surface area contributed by atoms with Gasteiger partial charge in [-0.15, -0.1) is 0 Å². The average Bonchev–Trinajstić information content (AvgIpc) is 2.86. The van der Waals surface area contributed by atoms with Gasteiger partial charge in [-0.25, -0.2) is 4.98 Å². The first-order valence-electron chi connectivity index (χ1n) is 6.88. The monoisotopic (exact) mass is 290 g/mol. The van der Waals surface area contributed by atoms with Crippen LogP contribution >= 0.6 is 11.6 Å². The van der Waals surface area contributed by atoms with Crippen LogP contribution < -0.4 is 5.32 Å². The number of likely N-dealkylation sites (N-methyl/N-ethyl adjacent to an activating group) is 1. The maximum Gasteiger partial charge on any atom is 0.0925 e. The van der Waals surface area contributed by atoms with E-state index >= 15 is 0 Å². The summed E-state index contributed by atoms with van der Waals surface area (Å²) in [6.07, 6.45) is 2.77. The van der Waals surface area contributed by atoms with Crippen LogP contribution in [0.25, 0.3) is 0 Å². The van der Waals surface area contributed by atoms with Crippen molar-refractivity contribution < 1.29 is 0 Å². The third-order valence-electron chi connectivity index (χ3n) is 3.69. The molecule has 2 aromatic rings. The topological polar surface area (TPSA) is 44.0 Å². The maximum atomic E-state index is 6.02. The molecule has 0 bridgehead atoms. The molecular formula is C15H19ClN4. The fourth-order valence-corrected chi connectivity index (χ4v) is 2.96. The summed E-state index contributed by atoms with van der Waals surface area (Å²) in [5.41, 5.74) is 3.67. The summed E-state index contributed by atoms with van der Waals surface area (Å²) >= 11 is 6.02. The lowest BCUT2D eigenvalue weighted by molar-refractivity contribution is 0.272. The van der Waals surface area contributed by atoms with Gasteiger partial charge in [0.1, 0.15) is 0 Å². The number of benzene rings is 1. The molecule has 0 saturated carbocycles. The van der Waals surface area contributed by atoms with Gasteiger partial charge in [0.15, 0.2) is 0 Å². The third kappa shape index (κ3) is 3.20. The molecule has 1 aliphatic heterocycles. The average molecular weight is 291 g/mol. The Labute approximate surface area is 124 Å². The number of nitrogens with zero attached hydrogens (tertiary/aromatic N) is 2. The molecule has 0 aliphatic carbocycles. The van der Waals surface area contributed by atoms with Crippen LogP contribution in [0.1, 0.15) is 17.0 Å². The summed E-state index contributed by atoms with van der Waals surface area (Å²) in [5.74, 6) is 0. The minimum Gasteiger partial charge on any atom is -0.347 e. The van der Waals surface area contributed by atoms with Crippen LogP contribution in [0.5, 0.6) is 0 Å². The second-order valence-corrected chi connectivity index (χ2v) is 5.87. The molecule has 4 nitrogen and oxygen atoms in total. The van der Waals surface area contributed by atoms with Gasteiger partial charge in [0.2, 0.25) is 0 Å². The van der Waals surface area contributed by atoms with Crippen LogP contribution in [0.15, 0.2) is 30.6 Å². The zero-order valence-corrected chi connectivity index (χ0v) is 12.3. The molecule has 20 heavy (non-hydrogen) atoms. The van der Waals surface area contributed by atoms with Gasteiger partial charge in [-0.05, 0) is 24.7 Å². The van der Waals surface area contributed by atoms with Gasteiger partial charge in [0.25, 0.3) is 0 Å². The van der Waals surface area contributed by atoms with Crippen molar-refractivity contribution in [2.24, 2.45) is 0 Å². The number of halogens is 1. The van der Waals surface area contributed by atoms with Crippen LogP contribution in [0.4, 0.5) is 0 Å². The highest BCUT2D eigenvalue weighted by atomic mass is 35.5. The molecule has 0 amide bonds. The molecule has 0 saturated heterocycles. The Hall–Kier alpha value is -1.36. The summed E-state index contributed by atoms with van der Waals surface area (Å²) in [5, 5.41) is 4.35. The van der Waals surface area contributed by atoms with Crippen molar-refractivity contribution in [3.63, 3.8) is 0 Å². The van der Waals surface area contributed by atoms with E-state index in [2.05, 4.69) is 33.3 Å². The highest BCUT2D eigenvalue weighted by molar-refractivity contribution is 6.30. The van der Waals surface area contributed by atoms with Crippen molar-refractivity contribution in [1.82, 2.24) is 20.2 Å². The molecule has 0 fully saturated rings. The van der Waals surface area contributed by atoms with Crippen LogP contribution in [-0.4, -0.2) is 34.5 Å². The SMILES string of the molecule is CN(Cc1cccc(Cl)c1)CC1Cc2nc[nH]c2CN1. The van der Waals surface area contributed by atoms with Gasteiger partial charge in [0.05, 0.1) is 17.7 Å². The number of imidazole rings is 1. The van der Waals surface area contributed by atoms with E-state index in [9.17, 15) is 0 Å². The summed E-state index contributed by atoms with van der Waals surface area (Å²) in [4.78, 5) is 9.87. The van der Waals surface area contributed by atoms with Crippen molar-refractivity contribution in [2.45, 2.75) is 25.6 Å². The molecule has 2 N–H and O–H groups in total. The van der Waals surface area contributed by atoms with E-state index < -0.39 is 0 Å². The second kappa shape index (κ2) is 5.95. The quantitative estimate of drug-likeness (QED) is 0.907.